The van der Waals surface area contributed by atoms with Crippen molar-refractivity contribution in [2.75, 3.05) is 5.73 Å². The lowest BCUT2D eigenvalue weighted by Gasteiger charge is -2.03. The van der Waals surface area contributed by atoms with E-state index in [1.165, 1.54) is 12.1 Å². The summed E-state index contributed by atoms with van der Waals surface area (Å²) >= 11 is 5.74. The van der Waals surface area contributed by atoms with Crippen LogP contribution in [-0.4, -0.2) is 9.78 Å². The van der Waals surface area contributed by atoms with Gasteiger partial charge < -0.3 is 5.73 Å². The van der Waals surface area contributed by atoms with Gasteiger partial charge in [0.1, 0.15) is 5.82 Å². The van der Waals surface area contributed by atoms with Gasteiger partial charge in [-0.1, -0.05) is 18.5 Å². The first kappa shape index (κ1) is 11.9. The van der Waals surface area contributed by atoms with Crippen LogP contribution in [0.15, 0.2) is 24.5 Å². The molecule has 90 valence electrons. The molecular formula is C12H13ClFN3. The van der Waals surface area contributed by atoms with E-state index in [2.05, 4.69) is 12.0 Å². The van der Waals surface area contributed by atoms with Crippen LogP contribution in [0.2, 0.25) is 5.02 Å². The van der Waals surface area contributed by atoms with E-state index >= 15 is 0 Å². The number of aromatic nitrogens is 2. The van der Waals surface area contributed by atoms with Gasteiger partial charge >= 0.3 is 0 Å². The topological polar surface area (TPSA) is 43.8 Å². The van der Waals surface area contributed by atoms with E-state index in [-0.39, 0.29) is 10.8 Å². The molecule has 0 amide bonds. The summed E-state index contributed by atoms with van der Waals surface area (Å²) in [6.07, 6.45) is 4.41. The Morgan fingerprint density at radius 3 is 2.94 bits per heavy atom. The van der Waals surface area contributed by atoms with Crippen molar-refractivity contribution in [3.8, 4) is 11.1 Å². The standard InChI is InChI=1S/C12H13ClFN3/c1-2-3-17-7-8(6-16-17)9-4-12(15)10(13)5-11(9)14/h4-7H,2-3,15H2,1H3. The number of anilines is 1. The van der Waals surface area contributed by atoms with Gasteiger partial charge in [-0.3, -0.25) is 4.68 Å². The summed E-state index contributed by atoms with van der Waals surface area (Å²) < 4.78 is 15.5. The van der Waals surface area contributed by atoms with Crippen molar-refractivity contribution in [2.24, 2.45) is 0 Å². The quantitative estimate of drug-likeness (QED) is 0.853. The highest BCUT2D eigenvalue weighted by Gasteiger charge is 2.10. The van der Waals surface area contributed by atoms with E-state index in [1.807, 2.05) is 0 Å². The average molecular weight is 254 g/mol. The molecule has 1 heterocycles. The van der Waals surface area contributed by atoms with Crippen LogP contribution in [0.3, 0.4) is 0 Å². The number of nitrogen functional groups attached to an aromatic ring is 1. The van der Waals surface area contributed by atoms with E-state index in [0.29, 0.717) is 16.8 Å². The maximum absolute atomic E-state index is 13.7. The zero-order valence-electron chi connectivity index (χ0n) is 9.45. The molecule has 0 spiro atoms. The maximum atomic E-state index is 13.7. The van der Waals surface area contributed by atoms with Gasteiger partial charge in [-0.25, -0.2) is 4.39 Å². The van der Waals surface area contributed by atoms with E-state index in [4.69, 9.17) is 17.3 Å². The molecule has 2 aromatic rings. The molecule has 0 aliphatic rings. The number of aryl methyl sites for hydroxylation is 1. The van der Waals surface area contributed by atoms with Crippen LogP contribution >= 0.6 is 11.6 Å². The van der Waals surface area contributed by atoms with Gasteiger partial charge in [0, 0.05) is 23.9 Å². The van der Waals surface area contributed by atoms with Crippen LogP contribution in [0, 0.1) is 5.82 Å². The highest BCUT2D eigenvalue weighted by Crippen LogP contribution is 2.29. The van der Waals surface area contributed by atoms with Crippen molar-refractivity contribution in [2.45, 2.75) is 19.9 Å². The van der Waals surface area contributed by atoms with E-state index < -0.39 is 0 Å². The first-order valence-corrected chi connectivity index (χ1v) is 5.77. The SMILES string of the molecule is CCCn1cc(-c2cc(N)c(Cl)cc2F)cn1. The fourth-order valence-electron chi connectivity index (χ4n) is 1.64. The lowest BCUT2D eigenvalue weighted by Crippen LogP contribution is -1.95. The predicted octanol–water partition coefficient (Wildman–Crippen LogP) is 3.33. The van der Waals surface area contributed by atoms with E-state index in [9.17, 15) is 4.39 Å². The van der Waals surface area contributed by atoms with Crippen LogP contribution in [0.4, 0.5) is 10.1 Å². The molecule has 0 fully saturated rings. The molecule has 5 heteroatoms. The number of hydrogen-bond acceptors (Lipinski definition) is 2. The van der Waals surface area contributed by atoms with Crippen LogP contribution < -0.4 is 5.73 Å². The van der Waals surface area contributed by atoms with Crippen LogP contribution in [0.25, 0.3) is 11.1 Å². The second kappa shape index (κ2) is 4.75. The normalized spacial score (nSPS) is 10.8. The van der Waals surface area contributed by atoms with Crippen molar-refractivity contribution < 1.29 is 4.39 Å². The summed E-state index contributed by atoms with van der Waals surface area (Å²) in [5, 5.41) is 4.38. The molecule has 2 N–H and O–H groups in total. The number of hydrogen-bond donors (Lipinski definition) is 1. The van der Waals surface area contributed by atoms with Gasteiger partial charge in [-0.05, 0) is 18.6 Å². The molecule has 1 aromatic heterocycles. The second-order valence-corrected chi connectivity index (χ2v) is 4.25. The minimum absolute atomic E-state index is 0.229. The number of halogens is 2. The fraction of sp³-hybridized carbons (Fsp3) is 0.250. The molecular weight excluding hydrogens is 241 g/mol. The van der Waals surface area contributed by atoms with Crippen molar-refractivity contribution in [1.82, 2.24) is 9.78 Å². The number of rotatable bonds is 3. The lowest BCUT2D eigenvalue weighted by molar-refractivity contribution is 0.602. The summed E-state index contributed by atoms with van der Waals surface area (Å²) in [7, 11) is 0. The first-order valence-electron chi connectivity index (χ1n) is 5.39. The van der Waals surface area contributed by atoms with Gasteiger partial charge in [0.2, 0.25) is 0 Å². The fourth-order valence-corrected chi connectivity index (χ4v) is 1.79. The average Bonchev–Trinajstić information content (AvgIpc) is 2.72. The third-order valence-corrected chi connectivity index (χ3v) is 2.81. The minimum atomic E-state index is -0.389. The lowest BCUT2D eigenvalue weighted by atomic mass is 10.1. The summed E-state index contributed by atoms with van der Waals surface area (Å²) in [5.74, 6) is -0.389. The Morgan fingerprint density at radius 1 is 1.47 bits per heavy atom. The molecule has 0 aliphatic heterocycles. The zero-order chi connectivity index (χ0) is 12.4. The molecule has 2 rings (SSSR count). The first-order chi connectivity index (χ1) is 8.11. The third-order valence-electron chi connectivity index (χ3n) is 2.48. The summed E-state index contributed by atoms with van der Waals surface area (Å²) in [5.41, 5.74) is 7.17. The summed E-state index contributed by atoms with van der Waals surface area (Å²) in [4.78, 5) is 0. The number of benzene rings is 1. The van der Waals surface area contributed by atoms with Crippen LogP contribution in [0.1, 0.15) is 13.3 Å². The highest BCUT2D eigenvalue weighted by molar-refractivity contribution is 6.33. The second-order valence-electron chi connectivity index (χ2n) is 3.85. The molecule has 0 atom stereocenters. The Hall–Kier alpha value is -1.55. The Labute approximate surface area is 104 Å². The molecule has 0 saturated carbocycles. The number of nitrogens with two attached hydrogens (primary N) is 1. The van der Waals surface area contributed by atoms with Crippen molar-refractivity contribution in [3.63, 3.8) is 0 Å². The van der Waals surface area contributed by atoms with Gasteiger partial charge in [0.15, 0.2) is 0 Å². The Bertz CT molecular complexity index is 537. The molecule has 0 radical (unpaired) electrons. The van der Waals surface area contributed by atoms with Gasteiger partial charge in [-0.2, -0.15) is 5.10 Å². The van der Waals surface area contributed by atoms with Gasteiger partial charge in [0.25, 0.3) is 0 Å². The Kier molecular flexibility index (Phi) is 3.33. The molecule has 0 bridgehead atoms. The Morgan fingerprint density at radius 2 is 2.24 bits per heavy atom. The third kappa shape index (κ3) is 2.42. The molecule has 0 aliphatic carbocycles. The van der Waals surface area contributed by atoms with Crippen molar-refractivity contribution >= 4 is 17.3 Å². The molecule has 17 heavy (non-hydrogen) atoms. The monoisotopic (exact) mass is 253 g/mol. The molecule has 1 aromatic carbocycles. The van der Waals surface area contributed by atoms with Gasteiger partial charge in [-0.15, -0.1) is 0 Å². The molecule has 0 unspecified atom stereocenters. The summed E-state index contributed by atoms with van der Waals surface area (Å²) in [6, 6.07) is 2.76. The maximum Gasteiger partial charge on any atom is 0.132 e. The van der Waals surface area contributed by atoms with Gasteiger partial charge in [0.05, 0.1) is 16.9 Å². The van der Waals surface area contributed by atoms with E-state index in [1.54, 1.807) is 17.1 Å². The molecule has 3 nitrogen and oxygen atoms in total. The van der Waals surface area contributed by atoms with Crippen LogP contribution in [-0.2, 0) is 6.54 Å². The molecule has 0 saturated heterocycles. The Balaban J connectivity index is 2.41. The van der Waals surface area contributed by atoms with E-state index in [0.717, 1.165) is 13.0 Å². The predicted molar refractivity (Wildman–Crippen MR) is 67.3 cm³/mol. The largest absolute Gasteiger partial charge is 0.398 e. The van der Waals surface area contributed by atoms with Crippen molar-refractivity contribution in [3.05, 3.63) is 35.4 Å². The number of nitrogens with zero attached hydrogens (tertiary/aromatic N) is 2. The minimum Gasteiger partial charge on any atom is -0.398 e. The van der Waals surface area contributed by atoms with Crippen LogP contribution in [0.5, 0.6) is 0 Å². The smallest absolute Gasteiger partial charge is 0.132 e. The zero-order valence-corrected chi connectivity index (χ0v) is 10.2. The highest BCUT2D eigenvalue weighted by atomic mass is 35.5. The summed E-state index contributed by atoms with van der Waals surface area (Å²) in [6.45, 7) is 2.87. The van der Waals surface area contributed by atoms with Crippen molar-refractivity contribution in [1.29, 1.82) is 0 Å².